The van der Waals surface area contributed by atoms with Gasteiger partial charge >= 0.3 is 0 Å². The third kappa shape index (κ3) is 4.75. The molecule has 0 unspecified atom stereocenters. The molecule has 1 aliphatic heterocycles. The number of rotatable bonds is 4. The molecule has 1 aromatic carbocycles. The first-order chi connectivity index (χ1) is 12.4. The Morgan fingerprint density at radius 3 is 2.19 bits per heavy atom. The molecule has 5 heteroatoms. The van der Waals surface area contributed by atoms with E-state index < -0.39 is 5.41 Å². The van der Waals surface area contributed by atoms with E-state index in [0.717, 1.165) is 24.6 Å². The fourth-order valence-corrected chi connectivity index (χ4v) is 2.92. The molecule has 0 bridgehead atoms. The van der Waals surface area contributed by atoms with E-state index in [1.165, 1.54) is 24.9 Å². The van der Waals surface area contributed by atoms with E-state index >= 15 is 0 Å². The maximum atomic E-state index is 12.0. The van der Waals surface area contributed by atoms with Crippen LogP contribution in [0.3, 0.4) is 0 Å². The Bertz CT molecular complexity index is 726. The molecule has 26 heavy (non-hydrogen) atoms. The Balaban J connectivity index is 1.59. The topological polar surface area (TPSA) is 57.3 Å². The summed E-state index contributed by atoms with van der Waals surface area (Å²) in [6.45, 7) is 7.96. The summed E-state index contributed by atoms with van der Waals surface area (Å²) in [4.78, 5) is 18.8. The smallest absolute Gasteiger partial charge is 0.229 e. The molecule has 1 aliphatic rings. The molecule has 138 valence electrons. The molecular formula is C21H28N4O. The van der Waals surface area contributed by atoms with Gasteiger partial charge in [-0.15, -0.1) is 0 Å². The van der Waals surface area contributed by atoms with Crippen molar-refractivity contribution in [1.82, 2.24) is 4.98 Å². The Hall–Kier alpha value is -2.56. The number of piperidine rings is 1. The molecule has 0 spiro atoms. The second-order valence-corrected chi connectivity index (χ2v) is 7.86. The van der Waals surface area contributed by atoms with E-state index in [4.69, 9.17) is 0 Å². The first kappa shape index (κ1) is 18.2. The molecule has 0 aliphatic carbocycles. The third-order valence-electron chi connectivity index (χ3n) is 4.56. The van der Waals surface area contributed by atoms with Crippen molar-refractivity contribution < 1.29 is 4.79 Å². The molecule has 0 radical (unpaired) electrons. The fraction of sp³-hybridized carbons (Fsp3) is 0.429. The number of hydrogen-bond acceptors (Lipinski definition) is 4. The lowest BCUT2D eigenvalue weighted by atomic mass is 9.96. The van der Waals surface area contributed by atoms with Gasteiger partial charge in [0, 0.05) is 29.9 Å². The molecule has 2 aromatic rings. The number of amides is 1. The van der Waals surface area contributed by atoms with Gasteiger partial charge in [0.25, 0.3) is 0 Å². The largest absolute Gasteiger partial charge is 0.372 e. The maximum Gasteiger partial charge on any atom is 0.229 e. The monoisotopic (exact) mass is 352 g/mol. The number of aromatic nitrogens is 1. The molecule has 2 heterocycles. The standard InChI is InChI=1S/C21H28N4O/c1-21(2,3)20(26)24-17-9-12-19(22-15-17)23-16-7-10-18(11-8-16)25-13-5-4-6-14-25/h7-12,15H,4-6,13-14H2,1-3H3,(H,22,23)(H,24,26). The molecule has 1 saturated heterocycles. The Morgan fingerprint density at radius 1 is 0.962 bits per heavy atom. The van der Waals surface area contributed by atoms with Crippen LogP contribution in [-0.4, -0.2) is 24.0 Å². The molecule has 1 fully saturated rings. The summed E-state index contributed by atoms with van der Waals surface area (Å²) < 4.78 is 0. The van der Waals surface area contributed by atoms with Crippen molar-refractivity contribution in [1.29, 1.82) is 0 Å². The van der Waals surface area contributed by atoms with Crippen LogP contribution in [0.25, 0.3) is 0 Å². The zero-order valence-electron chi connectivity index (χ0n) is 15.9. The van der Waals surface area contributed by atoms with Crippen LogP contribution in [-0.2, 0) is 4.79 Å². The predicted molar refractivity (Wildman–Crippen MR) is 108 cm³/mol. The number of carbonyl (C=O) groups excluding carboxylic acids is 1. The van der Waals surface area contributed by atoms with Crippen molar-refractivity contribution in [3.8, 4) is 0 Å². The molecule has 1 amide bonds. The number of nitrogens with one attached hydrogen (secondary N) is 2. The number of carbonyl (C=O) groups is 1. The molecule has 2 N–H and O–H groups in total. The summed E-state index contributed by atoms with van der Waals surface area (Å²) in [6.07, 6.45) is 5.58. The van der Waals surface area contributed by atoms with Crippen LogP contribution in [0.4, 0.5) is 22.9 Å². The summed E-state index contributed by atoms with van der Waals surface area (Å²) in [5, 5.41) is 6.18. The summed E-state index contributed by atoms with van der Waals surface area (Å²) in [6, 6.07) is 12.2. The highest BCUT2D eigenvalue weighted by Gasteiger charge is 2.21. The van der Waals surface area contributed by atoms with Gasteiger partial charge in [-0.05, 0) is 55.7 Å². The highest BCUT2D eigenvalue weighted by atomic mass is 16.2. The number of pyridine rings is 1. The lowest BCUT2D eigenvalue weighted by Gasteiger charge is -2.28. The first-order valence-corrected chi connectivity index (χ1v) is 9.31. The van der Waals surface area contributed by atoms with Gasteiger partial charge in [-0.25, -0.2) is 4.98 Å². The normalized spacial score (nSPS) is 14.8. The Labute approximate surface area is 155 Å². The van der Waals surface area contributed by atoms with Crippen LogP contribution < -0.4 is 15.5 Å². The van der Waals surface area contributed by atoms with Crippen molar-refractivity contribution in [3.05, 3.63) is 42.6 Å². The summed E-state index contributed by atoms with van der Waals surface area (Å²) >= 11 is 0. The van der Waals surface area contributed by atoms with Crippen molar-refractivity contribution in [2.75, 3.05) is 28.6 Å². The van der Waals surface area contributed by atoms with Gasteiger partial charge < -0.3 is 15.5 Å². The quantitative estimate of drug-likeness (QED) is 0.830. The minimum Gasteiger partial charge on any atom is -0.372 e. The van der Waals surface area contributed by atoms with Gasteiger partial charge in [-0.3, -0.25) is 4.79 Å². The average Bonchev–Trinajstić information content (AvgIpc) is 2.64. The van der Waals surface area contributed by atoms with Gasteiger partial charge in [0.1, 0.15) is 5.82 Å². The molecule has 5 nitrogen and oxygen atoms in total. The van der Waals surface area contributed by atoms with Gasteiger partial charge in [0.2, 0.25) is 5.91 Å². The summed E-state index contributed by atoms with van der Waals surface area (Å²) in [5.41, 5.74) is 2.57. The zero-order chi connectivity index (χ0) is 18.6. The number of nitrogens with zero attached hydrogens (tertiary/aromatic N) is 2. The highest BCUT2D eigenvalue weighted by Crippen LogP contribution is 2.24. The van der Waals surface area contributed by atoms with Crippen molar-refractivity contribution in [3.63, 3.8) is 0 Å². The molecular weight excluding hydrogens is 324 g/mol. The van der Waals surface area contributed by atoms with Crippen molar-refractivity contribution in [2.45, 2.75) is 40.0 Å². The lowest BCUT2D eigenvalue weighted by molar-refractivity contribution is -0.123. The van der Waals surface area contributed by atoms with Gasteiger partial charge in [0.05, 0.1) is 11.9 Å². The summed E-state index contributed by atoms with van der Waals surface area (Å²) in [5.74, 6) is 0.734. The van der Waals surface area contributed by atoms with Crippen LogP contribution >= 0.6 is 0 Å². The second-order valence-electron chi connectivity index (χ2n) is 7.86. The van der Waals surface area contributed by atoms with Crippen LogP contribution in [0.5, 0.6) is 0 Å². The van der Waals surface area contributed by atoms with E-state index in [1.54, 1.807) is 6.20 Å². The van der Waals surface area contributed by atoms with E-state index in [-0.39, 0.29) is 5.91 Å². The van der Waals surface area contributed by atoms with Crippen LogP contribution in [0.1, 0.15) is 40.0 Å². The van der Waals surface area contributed by atoms with Crippen molar-refractivity contribution >= 4 is 28.8 Å². The van der Waals surface area contributed by atoms with E-state index in [1.807, 2.05) is 32.9 Å². The van der Waals surface area contributed by atoms with Crippen LogP contribution in [0.15, 0.2) is 42.6 Å². The van der Waals surface area contributed by atoms with Crippen LogP contribution in [0.2, 0.25) is 0 Å². The number of hydrogen-bond donors (Lipinski definition) is 2. The van der Waals surface area contributed by atoms with Gasteiger partial charge in [0.15, 0.2) is 0 Å². The number of anilines is 4. The Morgan fingerprint density at radius 2 is 1.62 bits per heavy atom. The predicted octanol–water partition coefficient (Wildman–Crippen LogP) is 4.80. The highest BCUT2D eigenvalue weighted by molar-refractivity contribution is 5.94. The molecule has 1 aromatic heterocycles. The second kappa shape index (κ2) is 7.77. The Kier molecular flexibility index (Phi) is 5.45. The number of benzene rings is 1. The van der Waals surface area contributed by atoms with Crippen LogP contribution in [0, 0.1) is 5.41 Å². The third-order valence-corrected chi connectivity index (χ3v) is 4.56. The lowest BCUT2D eigenvalue weighted by Crippen LogP contribution is -2.29. The molecule has 0 atom stereocenters. The van der Waals surface area contributed by atoms with Gasteiger partial charge in [-0.1, -0.05) is 20.8 Å². The first-order valence-electron chi connectivity index (χ1n) is 9.31. The van der Waals surface area contributed by atoms with Crippen molar-refractivity contribution in [2.24, 2.45) is 5.41 Å². The summed E-state index contributed by atoms with van der Waals surface area (Å²) in [7, 11) is 0. The minimum atomic E-state index is -0.424. The maximum absolute atomic E-state index is 12.0. The molecule has 0 saturated carbocycles. The SMILES string of the molecule is CC(C)(C)C(=O)Nc1ccc(Nc2ccc(N3CCCCC3)cc2)nc1. The van der Waals surface area contributed by atoms with E-state index in [0.29, 0.717) is 5.69 Å². The van der Waals surface area contributed by atoms with Gasteiger partial charge in [-0.2, -0.15) is 0 Å². The van der Waals surface area contributed by atoms with E-state index in [9.17, 15) is 4.79 Å². The fourth-order valence-electron chi connectivity index (χ4n) is 2.92. The average molecular weight is 352 g/mol. The zero-order valence-corrected chi connectivity index (χ0v) is 15.9. The minimum absolute atomic E-state index is 0.0201. The molecule has 3 rings (SSSR count). The van der Waals surface area contributed by atoms with E-state index in [2.05, 4.69) is 44.8 Å².